The fourth-order valence-corrected chi connectivity index (χ4v) is 0. The Bertz CT molecular complexity index is 8.00. The van der Waals surface area contributed by atoms with Crippen LogP contribution in [0.15, 0.2) is 0 Å². The van der Waals surface area contributed by atoms with Crippen LogP contribution in [0.1, 0.15) is 0 Å². The van der Waals surface area contributed by atoms with E-state index in [0.717, 1.165) is 0 Å². The number of hydrogen-bond acceptors (Lipinski definition) is 0. The van der Waals surface area contributed by atoms with Gasteiger partial charge in [-0.25, -0.2) is 0 Å². The molecule has 0 heterocycles. The van der Waals surface area contributed by atoms with Gasteiger partial charge in [-0.05, 0) is 0 Å². The first-order chi connectivity index (χ1) is 0. The molecule has 0 atom stereocenters. The predicted octanol–water partition coefficient (Wildman–Crippen LogP) is -2.11. The fourth-order valence-electron chi connectivity index (χ4n) is 0. The SMILES string of the molecule is [Cu].[Fe].[LiH].[SnH4]. The molecule has 29 valence electrons. The molecule has 4 heteroatoms. The van der Waals surface area contributed by atoms with Crippen LogP contribution in [-0.2, 0) is 34.1 Å². The third-order valence-corrected chi connectivity index (χ3v) is 0. The van der Waals surface area contributed by atoms with Crippen molar-refractivity contribution in [2.45, 2.75) is 0 Å². The van der Waals surface area contributed by atoms with Crippen molar-refractivity contribution in [1.82, 2.24) is 0 Å². The normalized spacial score (nSPS) is 0. The Kier molecular flexibility index (Phi) is 144. The van der Waals surface area contributed by atoms with Crippen molar-refractivity contribution in [1.29, 1.82) is 0 Å². The van der Waals surface area contributed by atoms with E-state index >= 15 is 0 Å². The Morgan fingerprint density at radius 3 is 1.00 bits per heavy atom. The summed E-state index contributed by atoms with van der Waals surface area (Å²) in [5, 5.41) is 0. The molecule has 0 N–H and O–H groups in total. The first-order valence-electron chi connectivity index (χ1n) is 0. The molecule has 0 aliphatic carbocycles. The summed E-state index contributed by atoms with van der Waals surface area (Å²) < 4.78 is 0. The van der Waals surface area contributed by atoms with Gasteiger partial charge in [0.1, 0.15) is 0 Å². The molecule has 0 bridgehead atoms. The zero-order valence-corrected chi connectivity index (χ0v) is 2.70. The van der Waals surface area contributed by atoms with Crippen LogP contribution in [0, 0.1) is 0 Å². The van der Waals surface area contributed by atoms with Crippen LogP contribution < -0.4 is 0 Å². The first-order valence-corrected chi connectivity index (χ1v) is 0. The van der Waals surface area contributed by atoms with Gasteiger partial charge in [0.2, 0.25) is 0 Å². The van der Waals surface area contributed by atoms with Gasteiger partial charge in [-0.15, -0.1) is 0 Å². The summed E-state index contributed by atoms with van der Waals surface area (Å²) >= 11 is 0. The molecule has 4 heavy (non-hydrogen) atoms. The fraction of sp³-hybridized carbons (Fsp3) is 0. The maximum absolute atomic E-state index is 0. The zero-order valence-electron chi connectivity index (χ0n) is 0.655. The topological polar surface area (TPSA) is 0 Å². The molecule has 0 unspecified atom stereocenters. The minimum atomic E-state index is 0. The maximum atomic E-state index is 0. The van der Waals surface area contributed by atoms with Crippen LogP contribution in [0.4, 0.5) is 0 Å². The Morgan fingerprint density at radius 1 is 1.00 bits per heavy atom. The molecule has 0 aromatic heterocycles. The van der Waals surface area contributed by atoms with E-state index in [1.807, 2.05) is 0 Å². The van der Waals surface area contributed by atoms with Crippen LogP contribution >= 0.6 is 0 Å². The van der Waals surface area contributed by atoms with Gasteiger partial charge >= 0.3 is 42.8 Å². The van der Waals surface area contributed by atoms with Crippen LogP contribution in [0.25, 0.3) is 0 Å². The van der Waals surface area contributed by atoms with Gasteiger partial charge in [-0.1, -0.05) is 0 Å². The molecular weight excluding hydrogens is 245 g/mol. The van der Waals surface area contributed by atoms with Crippen molar-refractivity contribution < 1.29 is 34.1 Å². The second-order valence-electron chi connectivity index (χ2n) is 0. The number of rotatable bonds is 0. The predicted molar refractivity (Wildman–Crippen MR) is 18.5 cm³/mol. The minimum absolute atomic E-state index is 0. The Morgan fingerprint density at radius 2 is 1.00 bits per heavy atom. The molecule has 0 aliphatic heterocycles. The number of hydrogen-bond donors (Lipinski definition) is 0. The average molecular weight is 250 g/mol. The quantitative estimate of drug-likeness (QED) is 0.432. The van der Waals surface area contributed by atoms with E-state index in [4.69, 9.17) is 0 Å². The van der Waals surface area contributed by atoms with E-state index < -0.39 is 0 Å². The van der Waals surface area contributed by atoms with Gasteiger partial charge in [0, 0.05) is 34.1 Å². The summed E-state index contributed by atoms with van der Waals surface area (Å²) in [4.78, 5) is 0. The molecule has 0 fully saturated rings. The molecule has 0 spiro atoms. The molecule has 0 saturated carbocycles. The van der Waals surface area contributed by atoms with Crippen molar-refractivity contribution in [3.05, 3.63) is 0 Å². The molecular formula is H5CuFeLiSn. The molecule has 0 rings (SSSR count). The molecule has 0 aliphatic rings. The molecule has 0 nitrogen and oxygen atoms in total. The van der Waals surface area contributed by atoms with Gasteiger partial charge in [0.15, 0.2) is 0 Å². The van der Waals surface area contributed by atoms with Gasteiger partial charge in [0.05, 0.1) is 0 Å². The Hall–Kier alpha value is 2.44. The van der Waals surface area contributed by atoms with Crippen LogP contribution in [0.3, 0.4) is 0 Å². The van der Waals surface area contributed by atoms with Gasteiger partial charge in [0.25, 0.3) is 0 Å². The van der Waals surface area contributed by atoms with Crippen molar-refractivity contribution in [2.24, 2.45) is 0 Å². The van der Waals surface area contributed by atoms with E-state index in [1.165, 1.54) is 0 Å². The van der Waals surface area contributed by atoms with Crippen molar-refractivity contribution in [3.63, 3.8) is 0 Å². The summed E-state index contributed by atoms with van der Waals surface area (Å²) in [6, 6.07) is 0. The van der Waals surface area contributed by atoms with E-state index in [1.54, 1.807) is 0 Å². The van der Waals surface area contributed by atoms with Gasteiger partial charge in [-0.2, -0.15) is 0 Å². The van der Waals surface area contributed by atoms with Crippen molar-refractivity contribution >= 4 is 42.8 Å². The van der Waals surface area contributed by atoms with Gasteiger partial charge in [-0.3, -0.25) is 0 Å². The molecule has 0 aromatic carbocycles. The van der Waals surface area contributed by atoms with Gasteiger partial charge < -0.3 is 0 Å². The summed E-state index contributed by atoms with van der Waals surface area (Å²) in [5.74, 6) is 0. The zero-order chi connectivity index (χ0) is 0. The monoisotopic (exact) mass is 251 g/mol. The molecule has 0 aromatic rings. The molecule has 0 saturated heterocycles. The van der Waals surface area contributed by atoms with Crippen LogP contribution in [-0.4, -0.2) is 42.8 Å². The third kappa shape index (κ3) is 8.83. The van der Waals surface area contributed by atoms with Crippen LogP contribution in [0.5, 0.6) is 0 Å². The Balaban J connectivity index is 0. The van der Waals surface area contributed by atoms with E-state index in [9.17, 15) is 0 Å². The summed E-state index contributed by atoms with van der Waals surface area (Å²) in [7, 11) is 0. The average Bonchev–Trinajstić information content (AvgIpc) is 0. The summed E-state index contributed by atoms with van der Waals surface area (Å²) in [5.41, 5.74) is 0. The van der Waals surface area contributed by atoms with E-state index in [2.05, 4.69) is 0 Å². The van der Waals surface area contributed by atoms with Crippen LogP contribution in [0.2, 0.25) is 0 Å². The second kappa shape index (κ2) is 18.0. The van der Waals surface area contributed by atoms with E-state index in [-0.39, 0.29) is 76.9 Å². The second-order valence-corrected chi connectivity index (χ2v) is 0. The molecule has 0 amide bonds. The Labute approximate surface area is 75.9 Å². The molecule has 1 radical (unpaired) electrons. The summed E-state index contributed by atoms with van der Waals surface area (Å²) in [6.07, 6.45) is 0. The first kappa shape index (κ1) is 32.1. The third-order valence-electron chi connectivity index (χ3n) is 0. The van der Waals surface area contributed by atoms with Crippen molar-refractivity contribution in [3.8, 4) is 0 Å². The standard InChI is InChI=1S/Cu.Fe.Li.Sn.5H. The van der Waals surface area contributed by atoms with E-state index in [0.29, 0.717) is 0 Å². The van der Waals surface area contributed by atoms with Crippen molar-refractivity contribution in [2.75, 3.05) is 0 Å². The summed E-state index contributed by atoms with van der Waals surface area (Å²) in [6.45, 7) is 0.